The van der Waals surface area contributed by atoms with Gasteiger partial charge in [-0.25, -0.2) is 4.79 Å². The van der Waals surface area contributed by atoms with Crippen molar-refractivity contribution in [1.82, 2.24) is 9.80 Å². The average molecular weight is 256 g/mol. The normalized spacial score (nSPS) is 15.7. The lowest BCUT2D eigenvalue weighted by atomic mass is 10.0. The van der Waals surface area contributed by atoms with Gasteiger partial charge < -0.3 is 14.9 Å². The third-order valence-corrected chi connectivity index (χ3v) is 3.37. The van der Waals surface area contributed by atoms with Crippen molar-refractivity contribution in [3.05, 3.63) is 0 Å². The summed E-state index contributed by atoms with van der Waals surface area (Å²) in [5, 5.41) is 8.80. The van der Waals surface area contributed by atoms with E-state index >= 15 is 0 Å². The van der Waals surface area contributed by atoms with Crippen LogP contribution in [0.3, 0.4) is 0 Å². The Morgan fingerprint density at radius 2 is 1.94 bits per heavy atom. The van der Waals surface area contributed by atoms with E-state index in [2.05, 4.69) is 6.92 Å². The predicted octanol–water partition coefficient (Wildman–Crippen LogP) is 2.02. The van der Waals surface area contributed by atoms with E-state index in [1.807, 2.05) is 18.7 Å². The number of unbranched alkanes of at least 4 members (excludes halogenated alkanes) is 2. The summed E-state index contributed by atoms with van der Waals surface area (Å²) in [6, 6.07) is 0.150. The first-order valence-corrected chi connectivity index (χ1v) is 6.75. The van der Waals surface area contributed by atoms with Gasteiger partial charge in [0, 0.05) is 25.7 Å². The lowest BCUT2D eigenvalue weighted by Crippen LogP contribution is -2.58. The van der Waals surface area contributed by atoms with Gasteiger partial charge in [-0.3, -0.25) is 4.79 Å². The van der Waals surface area contributed by atoms with Gasteiger partial charge in [0.25, 0.3) is 0 Å². The second-order valence-corrected chi connectivity index (χ2v) is 5.22. The standard InChI is InChI=1S/C13H24N2O3/c1-4-5-6-7-15(10(2)3)13(18)14-8-11(9-14)12(16)17/h10-11H,4-9H2,1-3H3,(H,16,17). The maximum atomic E-state index is 12.2. The highest BCUT2D eigenvalue weighted by Gasteiger charge is 2.37. The third-order valence-electron chi connectivity index (χ3n) is 3.37. The number of carbonyl (C=O) groups is 2. The largest absolute Gasteiger partial charge is 0.481 e. The number of aliphatic carboxylic acids is 1. The summed E-state index contributed by atoms with van der Waals surface area (Å²) in [6.07, 6.45) is 3.26. The Labute approximate surface area is 109 Å². The molecule has 0 aromatic heterocycles. The quantitative estimate of drug-likeness (QED) is 0.740. The van der Waals surface area contributed by atoms with Gasteiger partial charge in [0.15, 0.2) is 0 Å². The molecule has 104 valence electrons. The molecule has 0 bridgehead atoms. The summed E-state index contributed by atoms with van der Waals surface area (Å²) in [7, 11) is 0. The molecule has 0 saturated carbocycles. The van der Waals surface area contributed by atoms with Gasteiger partial charge in [-0.2, -0.15) is 0 Å². The van der Waals surface area contributed by atoms with Crippen LogP contribution in [0.15, 0.2) is 0 Å². The minimum atomic E-state index is -0.805. The summed E-state index contributed by atoms with van der Waals surface area (Å²) in [5.74, 6) is -1.18. The molecular formula is C13H24N2O3. The van der Waals surface area contributed by atoms with Gasteiger partial charge in [0.1, 0.15) is 0 Å². The fraction of sp³-hybridized carbons (Fsp3) is 0.846. The first-order chi connectivity index (χ1) is 8.47. The number of rotatable bonds is 6. The van der Waals surface area contributed by atoms with Crippen molar-refractivity contribution in [2.75, 3.05) is 19.6 Å². The van der Waals surface area contributed by atoms with E-state index in [1.54, 1.807) is 4.90 Å². The Hall–Kier alpha value is -1.26. The molecule has 0 atom stereocenters. The molecule has 0 aromatic carbocycles. The Morgan fingerprint density at radius 3 is 2.39 bits per heavy atom. The zero-order valence-corrected chi connectivity index (χ0v) is 11.6. The van der Waals surface area contributed by atoms with Gasteiger partial charge in [-0.05, 0) is 20.3 Å². The topological polar surface area (TPSA) is 60.9 Å². The van der Waals surface area contributed by atoms with Gasteiger partial charge in [0.05, 0.1) is 5.92 Å². The lowest BCUT2D eigenvalue weighted by Gasteiger charge is -2.41. The van der Waals surface area contributed by atoms with Crippen molar-refractivity contribution in [3.63, 3.8) is 0 Å². The number of nitrogens with zero attached hydrogens (tertiary/aromatic N) is 2. The van der Waals surface area contributed by atoms with Crippen LogP contribution in [-0.4, -0.2) is 52.6 Å². The maximum absolute atomic E-state index is 12.2. The Bertz CT molecular complexity index is 299. The minimum Gasteiger partial charge on any atom is -0.481 e. The summed E-state index contributed by atoms with van der Waals surface area (Å²) >= 11 is 0. The van der Waals surface area contributed by atoms with Crippen molar-refractivity contribution in [3.8, 4) is 0 Å². The van der Waals surface area contributed by atoms with Crippen LogP contribution < -0.4 is 0 Å². The highest BCUT2D eigenvalue weighted by Crippen LogP contribution is 2.19. The number of hydrogen-bond acceptors (Lipinski definition) is 2. The first-order valence-electron chi connectivity index (χ1n) is 6.75. The fourth-order valence-electron chi connectivity index (χ4n) is 2.08. The number of carboxylic acid groups (broad SMARTS) is 1. The number of hydrogen-bond donors (Lipinski definition) is 1. The highest BCUT2D eigenvalue weighted by molar-refractivity contribution is 5.80. The van der Waals surface area contributed by atoms with Crippen LogP contribution >= 0.6 is 0 Å². The van der Waals surface area contributed by atoms with Gasteiger partial charge >= 0.3 is 12.0 Å². The molecule has 0 radical (unpaired) electrons. The zero-order valence-electron chi connectivity index (χ0n) is 11.6. The van der Waals surface area contributed by atoms with E-state index in [0.29, 0.717) is 13.1 Å². The van der Waals surface area contributed by atoms with E-state index in [4.69, 9.17) is 5.11 Å². The molecule has 18 heavy (non-hydrogen) atoms. The van der Waals surface area contributed by atoms with Crippen LogP contribution in [0.2, 0.25) is 0 Å². The summed E-state index contributed by atoms with van der Waals surface area (Å²) in [5.41, 5.74) is 0. The van der Waals surface area contributed by atoms with Crippen LogP contribution in [-0.2, 0) is 4.79 Å². The second-order valence-electron chi connectivity index (χ2n) is 5.22. The van der Waals surface area contributed by atoms with Gasteiger partial charge in [-0.15, -0.1) is 0 Å². The SMILES string of the molecule is CCCCCN(C(=O)N1CC(C(=O)O)C1)C(C)C. The highest BCUT2D eigenvalue weighted by atomic mass is 16.4. The average Bonchev–Trinajstić information content (AvgIpc) is 2.20. The molecule has 0 aliphatic carbocycles. The minimum absolute atomic E-state index is 0.0152. The molecular weight excluding hydrogens is 232 g/mol. The molecule has 0 aromatic rings. The molecule has 1 saturated heterocycles. The van der Waals surface area contributed by atoms with E-state index in [9.17, 15) is 9.59 Å². The van der Waals surface area contributed by atoms with Gasteiger partial charge in [-0.1, -0.05) is 19.8 Å². The smallest absolute Gasteiger partial charge is 0.320 e. The van der Waals surface area contributed by atoms with E-state index in [1.165, 1.54) is 0 Å². The molecule has 1 heterocycles. The molecule has 5 heteroatoms. The molecule has 0 spiro atoms. The van der Waals surface area contributed by atoms with Crippen molar-refractivity contribution in [2.45, 2.75) is 46.1 Å². The van der Waals surface area contributed by atoms with Crippen molar-refractivity contribution < 1.29 is 14.7 Å². The van der Waals surface area contributed by atoms with E-state index < -0.39 is 5.97 Å². The molecule has 1 N–H and O–H groups in total. The van der Waals surface area contributed by atoms with Crippen molar-refractivity contribution in [2.24, 2.45) is 5.92 Å². The number of urea groups is 1. The number of carbonyl (C=O) groups excluding carboxylic acids is 1. The van der Waals surface area contributed by atoms with Crippen LogP contribution in [0.4, 0.5) is 4.79 Å². The van der Waals surface area contributed by atoms with Crippen molar-refractivity contribution >= 4 is 12.0 Å². The van der Waals surface area contributed by atoms with E-state index in [-0.39, 0.29) is 18.0 Å². The number of likely N-dealkylation sites (tertiary alicyclic amines) is 1. The van der Waals surface area contributed by atoms with Crippen LogP contribution in [0, 0.1) is 5.92 Å². The molecule has 1 aliphatic rings. The number of amides is 2. The molecule has 2 amide bonds. The third kappa shape index (κ3) is 3.62. The lowest BCUT2D eigenvalue weighted by molar-refractivity contribution is -0.146. The summed E-state index contributed by atoms with van der Waals surface area (Å²) < 4.78 is 0. The molecule has 5 nitrogen and oxygen atoms in total. The Kier molecular flexibility index (Phi) is 5.44. The van der Waals surface area contributed by atoms with Crippen LogP contribution in [0.5, 0.6) is 0 Å². The zero-order chi connectivity index (χ0) is 13.7. The van der Waals surface area contributed by atoms with Crippen molar-refractivity contribution in [1.29, 1.82) is 0 Å². The predicted molar refractivity (Wildman–Crippen MR) is 69.5 cm³/mol. The Balaban J connectivity index is 2.44. The fourth-order valence-corrected chi connectivity index (χ4v) is 2.08. The van der Waals surface area contributed by atoms with Crippen LogP contribution in [0.25, 0.3) is 0 Å². The van der Waals surface area contributed by atoms with Gasteiger partial charge in [0.2, 0.25) is 0 Å². The summed E-state index contributed by atoms with van der Waals surface area (Å²) in [4.78, 5) is 26.4. The molecule has 1 aliphatic heterocycles. The Morgan fingerprint density at radius 1 is 1.33 bits per heavy atom. The summed E-state index contributed by atoms with van der Waals surface area (Å²) in [6.45, 7) is 7.60. The van der Waals surface area contributed by atoms with E-state index in [0.717, 1.165) is 25.8 Å². The van der Waals surface area contributed by atoms with Crippen LogP contribution in [0.1, 0.15) is 40.0 Å². The maximum Gasteiger partial charge on any atom is 0.320 e. The monoisotopic (exact) mass is 256 g/mol. The molecule has 1 fully saturated rings. The first kappa shape index (κ1) is 14.8. The molecule has 1 rings (SSSR count). The number of carboxylic acids is 1. The molecule has 0 unspecified atom stereocenters. The second kappa shape index (κ2) is 6.61.